The van der Waals surface area contributed by atoms with Crippen LogP contribution in [0.1, 0.15) is 12.5 Å². The molecule has 1 aromatic carbocycles. The molecule has 0 N–H and O–H groups in total. The highest BCUT2D eigenvalue weighted by atomic mass is 16.7. The van der Waals surface area contributed by atoms with Crippen molar-refractivity contribution in [1.29, 1.82) is 0 Å². The minimum Gasteiger partial charge on any atom is -0.454 e. The molecule has 1 saturated heterocycles. The van der Waals surface area contributed by atoms with E-state index in [1.807, 2.05) is 6.07 Å². The van der Waals surface area contributed by atoms with Crippen molar-refractivity contribution in [2.24, 2.45) is 0 Å². The van der Waals surface area contributed by atoms with Gasteiger partial charge in [0.2, 0.25) is 6.79 Å². The summed E-state index contributed by atoms with van der Waals surface area (Å²) in [6.07, 6.45) is 0. The quantitative estimate of drug-likeness (QED) is 0.824. The van der Waals surface area contributed by atoms with E-state index in [1.54, 1.807) is 6.92 Å². The van der Waals surface area contributed by atoms with Crippen LogP contribution in [0, 0.1) is 0 Å². The maximum atomic E-state index is 11.1. The van der Waals surface area contributed by atoms with E-state index < -0.39 is 0 Å². The fourth-order valence-corrected chi connectivity index (χ4v) is 2.72. The van der Waals surface area contributed by atoms with Crippen molar-refractivity contribution >= 4 is 5.78 Å². The summed E-state index contributed by atoms with van der Waals surface area (Å²) in [6.45, 7) is 7.40. The van der Waals surface area contributed by atoms with Gasteiger partial charge in [0.25, 0.3) is 0 Å². The van der Waals surface area contributed by atoms with Gasteiger partial charge in [-0.25, -0.2) is 0 Å². The molecule has 0 bridgehead atoms. The summed E-state index contributed by atoms with van der Waals surface area (Å²) in [5, 5.41) is 0. The highest BCUT2D eigenvalue weighted by Crippen LogP contribution is 2.32. The van der Waals surface area contributed by atoms with Crippen molar-refractivity contribution in [3.8, 4) is 11.5 Å². The van der Waals surface area contributed by atoms with E-state index in [0.717, 1.165) is 44.2 Å². The first-order valence-corrected chi connectivity index (χ1v) is 7.03. The van der Waals surface area contributed by atoms with Gasteiger partial charge in [-0.3, -0.25) is 14.6 Å². The van der Waals surface area contributed by atoms with Crippen molar-refractivity contribution in [3.63, 3.8) is 0 Å². The van der Waals surface area contributed by atoms with Crippen molar-refractivity contribution in [2.45, 2.75) is 13.5 Å². The second-order valence-electron chi connectivity index (χ2n) is 5.44. The van der Waals surface area contributed by atoms with Crippen molar-refractivity contribution in [1.82, 2.24) is 9.80 Å². The van der Waals surface area contributed by atoms with Crippen LogP contribution in [0.25, 0.3) is 0 Å². The molecule has 0 saturated carbocycles. The Morgan fingerprint density at radius 3 is 2.55 bits per heavy atom. The number of carbonyl (C=O) groups is 1. The molecule has 0 atom stereocenters. The lowest BCUT2D eigenvalue weighted by Crippen LogP contribution is -2.47. The predicted molar refractivity (Wildman–Crippen MR) is 75.0 cm³/mol. The number of carbonyl (C=O) groups excluding carboxylic acids is 1. The van der Waals surface area contributed by atoms with Crippen LogP contribution in [0.2, 0.25) is 0 Å². The molecule has 0 aliphatic carbocycles. The molecule has 5 heteroatoms. The molecule has 2 aliphatic rings. The van der Waals surface area contributed by atoms with Gasteiger partial charge in [0.1, 0.15) is 5.78 Å². The maximum Gasteiger partial charge on any atom is 0.231 e. The zero-order valence-corrected chi connectivity index (χ0v) is 11.8. The smallest absolute Gasteiger partial charge is 0.231 e. The van der Waals surface area contributed by atoms with Gasteiger partial charge >= 0.3 is 0 Å². The Bertz CT molecular complexity index is 496. The molecular weight excluding hydrogens is 256 g/mol. The third-order valence-corrected chi connectivity index (χ3v) is 3.75. The SMILES string of the molecule is CC(=O)CN1CCN(Cc2ccc3c(c2)OCO3)CC1. The molecule has 1 fully saturated rings. The number of hydrogen-bond acceptors (Lipinski definition) is 5. The van der Waals surface area contributed by atoms with Crippen molar-refractivity contribution < 1.29 is 14.3 Å². The largest absolute Gasteiger partial charge is 0.454 e. The van der Waals surface area contributed by atoms with Crippen LogP contribution in [0.5, 0.6) is 11.5 Å². The number of hydrogen-bond donors (Lipinski definition) is 0. The van der Waals surface area contributed by atoms with E-state index >= 15 is 0 Å². The maximum absolute atomic E-state index is 11.1. The number of benzene rings is 1. The Morgan fingerprint density at radius 1 is 1.10 bits per heavy atom. The molecule has 0 aromatic heterocycles. The van der Waals surface area contributed by atoms with Gasteiger partial charge in [0, 0.05) is 32.7 Å². The van der Waals surface area contributed by atoms with Crippen LogP contribution >= 0.6 is 0 Å². The Hall–Kier alpha value is -1.59. The molecular formula is C15H20N2O3. The average Bonchev–Trinajstić information content (AvgIpc) is 2.88. The summed E-state index contributed by atoms with van der Waals surface area (Å²) in [5.41, 5.74) is 1.24. The first-order valence-electron chi connectivity index (χ1n) is 7.03. The summed E-state index contributed by atoms with van der Waals surface area (Å²) in [6, 6.07) is 6.13. The zero-order chi connectivity index (χ0) is 13.9. The van der Waals surface area contributed by atoms with E-state index in [0.29, 0.717) is 13.3 Å². The lowest BCUT2D eigenvalue weighted by molar-refractivity contribution is -0.118. The van der Waals surface area contributed by atoms with Crippen LogP contribution in [-0.4, -0.2) is 55.1 Å². The van der Waals surface area contributed by atoms with E-state index in [1.165, 1.54) is 5.56 Å². The average molecular weight is 276 g/mol. The van der Waals surface area contributed by atoms with Crippen LogP contribution < -0.4 is 9.47 Å². The molecule has 5 nitrogen and oxygen atoms in total. The van der Waals surface area contributed by atoms with E-state index in [9.17, 15) is 4.79 Å². The number of piperazine rings is 1. The molecule has 0 unspecified atom stereocenters. The zero-order valence-electron chi connectivity index (χ0n) is 11.8. The van der Waals surface area contributed by atoms with Gasteiger partial charge in [-0.1, -0.05) is 6.07 Å². The summed E-state index contributed by atoms with van der Waals surface area (Å²) < 4.78 is 10.7. The number of ether oxygens (including phenoxy) is 2. The number of fused-ring (bicyclic) bond motifs is 1. The number of rotatable bonds is 4. The Balaban J connectivity index is 1.53. The third kappa shape index (κ3) is 3.11. The Kier molecular flexibility index (Phi) is 3.89. The number of Topliss-reactive ketones (excluding diaryl/α,β-unsaturated/α-hetero) is 1. The van der Waals surface area contributed by atoms with Gasteiger partial charge in [0.15, 0.2) is 11.5 Å². The second kappa shape index (κ2) is 5.81. The van der Waals surface area contributed by atoms with E-state index in [4.69, 9.17) is 9.47 Å². The van der Waals surface area contributed by atoms with Crippen LogP contribution in [0.3, 0.4) is 0 Å². The second-order valence-corrected chi connectivity index (χ2v) is 5.44. The van der Waals surface area contributed by atoms with Crippen LogP contribution in [-0.2, 0) is 11.3 Å². The van der Waals surface area contributed by atoms with Gasteiger partial charge in [0.05, 0.1) is 6.54 Å². The fraction of sp³-hybridized carbons (Fsp3) is 0.533. The van der Waals surface area contributed by atoms with Crippen molar-refractivity contribution in [3.05, 3.63) is 23.8 Å². The molecule has 1 aromatic rings. The third-order valence-electron chi connectivity index (χ3n) is 3.75. The molecule has 108 valence electrons. The van der Waals surface area contributed by atoms with Gasteiger partial charge in [-0.15, -0.1) is 0 Å². The minimum atomic E-state index is 0.245. The summed E-state index contributed by atoms with van der Waals surface area (Å²) in [7, 11) is 0. The lowest BCUT2D eigenvalue weighted by Gasteiger charge is -2.34. The minimum absolute atomic E-state index is 0.245. The Labute approximate surface area is 119 Å². The molecule has 0 spiro atoms. The monoisotopic (exact) mass is 276 g/mol. The molecule has 0 amide bonds. The molecule has 2 heterocycles. The molecule has 0 radical (unpaired) electrons. The summed E-state index contributed by atoms with van der Waals surface area (Å²) in [5.74, 6) is 1.92. The molecule has 3 rings (SSSR count). The van der Waals surface area contributed by atoms with Gasteiger partial charge < -0.3 is 9.47 Å². The van der Waals surface area contributed by atoms with Gasteiger partial charge in [-0.2, -0.15) is 0 Å². The van der Waals surface area contributed by atoms with Crippen LogP contribution in [0.4, 0.5) is 0 Å². The standard InChI is InChI=1S/C15H20N2O3/c1-12(18)9-16-4-6-17(7-5-16)10-13-2-3-14-15(8-13)20-11-19-14/h2-3,8H,4-7,9-11H2,1H3. The number of ketones is 1. The topological polar surface area (TPSA) is 42.0 Å². The van der Waals surface area contributed by atoms with Gasteiger partial charge in [-0.05, 0) is 24.6 Å². The molecule has 2 aliphatic heterocycles. The summed E-state index contributed by atoms with van der Waals surface area (Å²) in [4.78, 5) is 15.7. The van der Waals surface area contributed by atoms with Crippen LogP contribution in [0.15, 0.2) is 18.2 Å². The fourth-order valence-electron chi connectivity index (χ4n) is 2.72. The molecule has 20 heavy (non-hydrogen) atoms. The first-order chi connectivity index (χ1) is 9.70. The van der Waals surface area contributed by atoms with E-state index in [-0.39, 0.29) is 5.78 Å². The highest BCUT2D eigenvalue weighted by molar-refractivity contribution is 5.77. The lowest BCUT2D eigenvalue weighted by atomic mass is 10.1. The number of nitrogens with zero attached hydrogens (tertiary/aromatic N) is 2. The van der Waals surface area contributed by atoms with Crippen molar-refractivity contribution in [2.75, 3.05) is 39.5 Å². The highest BCUT2D eigenvalue weighted by Gasteiger charge is 2.19. The van der Waals surface area contributed by atoms with E-state index in [2.05, 4.69) is 21.9 Å². The summed E-state index contributed by atoms with van der Waals surface area (Å²) >= 11 is 0. The normalized spacial score (nSPS) is 19.2. The Morgan fingerprint density at radius 2 is 1.80 bits per heavy atom. The predicted octanol–water partition coefficient (Wildman–Crippen LogP) is 1.12. The first kappa shape index (κ1) is 13.4.